The molecule has 5 nitrogen and oxygen atoms in total. The molecule has 1 heterocycles. The van der Waals surface area contributed by atoms with Crippen LogP contribution in [0.15, 0.2) is 60.9 Å². The lowest BCUT2D eigenvalue weighted by Gasteiger charge is -2.02. The number of rotatable bonds is 5. The van der Waals surface area contributed by atoms with Crippen molar-refractivity contribution in [2.45, 2.75) is 13.0 Å². The van der Waals surface area contributed by atoms with E-state index in [4.69, 9.17) is 0 Å². The third-order valence-corrected chi connectivity index (χ3v) is 3.23. The molecule has 0 saturated heterocycles. The zero-order chi connectivity index (χ0) is 16.1. The molecule has 2 aromatic carbocycles. The van der Waals surface area contributed by atoms with Crippen LogP contribution in [0.25, 0.3) is 0 Å². The molecule has 0 fully saturated rings. The maximum absolute atomic E-state index is 13.1. The molecular weight excluding hydrogens is 295 g/mol. The Morgan fingerprint density at radius 1 is 1.09 bits per heavy atom. The van der Waals surface area contributed by atoms with Crippen LogP contribution in [0.2, 0.25) is 0 Å². The van der Waals surface area contributed by atoms with E-state index in [1.165, 1.54) is 12.1 Å². The number of benzene rings is 2. The van der Waals surface area contributed by atoms with Gasteiger partial charge < -0.3 is 0 Å². The van der Waals surface area contributed by atoms with E-state index in [1.54, 1.807) is 23.1 Å². The molecule has 6 heteroatoms. The predicted molar refractivity (Wildman–Crippen MR) is 84.3 cm³/mol. The van der Waals surface area contributed by atoms with Gasteiger partial charge in [-0.15, -0.1) is 5.10 Å². The van der Waals surface area contributed by atoms with Gasteiger partial charge in [-0.3, -0.25) is 10.1 Å². The Balaban J connectivity index is 1.59. The van der Waals surface area contributed by atoms with E-state index in [9.17, 15) is 9.18 Å². The Morgan fingerprint density at radius 2 is 1.87 bits per heavy atom. The highest BCUT2D eigenvalue weighted by atomic mass is 19.1. The second kappa shape index (κ2) is 6.83. The smallest absolute Gasteiger partial charge is 0.248 e. The molecule has 0 bridgehead atoms. The summed E-state index contributed by atoms with van der Waals surface area (Å²) in [5.41, 5.74) is 1.70. The number of carbonyl (C=O) groups excluding carboxylic acids is 1. The summed E-state index contributed by atoms with van der Waals surface area (Å²) in [6.07, 6.45) is 1.63. The van der Waals surface area contributed by atoms with Crippen molar-refractivity contribution in [1.29, 1.82) is 0 Å². The lowest BCUT2D eigenvalue weighted by Crippen LogP contribution is -2.15. The van der Waals surface area contributed by atoms with E-state index in [1.807, 2.05) is 30.3 Å². The quantitative estimate of drug-likeness (QED) is 0.788. The van der Waals surface area contributed by atoms with Crippen molar-refractivity contribution in [2.24, 2.45) is 0 Å². The average molecular weight is 310 g/mol. The molecule has 0 aliphatic rings. The monoisotopic (exact) mass is 310 g/mol. The summed E-state index contributed by atoms with van der Waals surface area (Å²) in [5.74, 6) is -0.407. The van der Waals surface area contributed by atoms with Gasteiger partial charge in [-0.25, -0.2) is 14.1 Å². The number of hydrogen-bond acceptors (Lipinski definition) is 3. The molecule has 0 aliphatic heterocycles. The van der Waals surface area contributed by atoms with Crippen LogP contribution in [0.3, 0.4) is 0 Å². The summed E-state index contributed by atoms with van der Waals surface area (Å²) in [6, 6.07) is 15.8. The maximum Gasteiger partial charge on any atom is 0.248 e. The standard InChI is InChI=1S/C17H15FN4O/c18-15-8-4-7-14(9-15)10-16(23)20-17-19-12-22(21-17)11-13-5-2-1-3-6-13/h1-9,12H,10-11H2,(H,20,21,23). The average Bonchev–Trinajstić information content (AvgIpc) is 2.95. The van der Waals surface area contributed by atoms with Crippen LogP contribution in [0.5, 0.6) is 0 Å². The highest BCUT2D eigenvalue weighted by Gasteiger charge is 2.08. The summed E-state index contributed by atoms with van der Waals surface area (Å²) in [7, 11) is 0. The molecule has 0 saturated carbocycles. The van der Waals surface area contributed by atoms with Crippen LogP contribution in [0.4, 0.5) is 10.3 Å². The van der Waals surface area contributed by atoms with Gasteiger partial charge in [-0.05, 0) is 23.3 Å². The summed E-state index contributed by atoms with van der Waals surface area (Å²) < 4.78 is 14.7. The minimum Gasteiger partial charge on any atom is -0.293 e. The van der Waals surface area contributed by atoms with Gasteiger partial charge in [0.15, 0.2) is 0 Å². The van der Waals surface area contributed by atoms with Crippen molar-refractivity contribution in [1.82, 2.24) is 14.8 Å². The molecule has 0 radical (unpaired) electrons. The summed E-state index contributed by atoms with van der Waals surface area (Å²) in [4.78, 5) is 16.0. The molecule has 1 N–H and O–H groups in total. The van der Waals surface area contributed by atoms with Crippen molar-refractivity contribution >= 4 is 11.9 Å². The molecule has 1 amide bonds. The van der Waals surface area contributed by atoms with Crippen molar-refractivity contribution in [2.75, 3.05) is 5.32 Å². The molecular formula is C17H15FN4O. The molecule has 116 valence electrons. The largest absolute Gasteiger partial charge is 0.293 e. The van der Waals surface area contributed by atoms with E-state index in [2.05, 4.69) is 15.4 Å². The Bertz CT molecular complexity index is 801. The fourth-order valence-electron chi connectivity index (χ4n) is 2.20. The van der Waals surface area contributed by atoms with Gasteiger partial charge in [-0.2, -0.15) is 0 Å². The van der Waals surface area contributed by atoms with Gasteiger partial charge in [0, 0.05) is 0 Å². The number of nitrogens with one attached hydrogen (secondary N) is 1. The van der Waals surface area contributed by atoms with E-state index in [0.29, 0.717) is 12.1 Å². The molecule has 3 rings (SSSR count). The second-order valence-corrected chi connectivity index (χ2v) is 5.11. The highest BCUT2D eigenvalue weighted by Crippen LogP contribution is 2.07. The normalized spacial score (nSPS) is 10.5. The van der Waals surface area contributed by atoms with Crippen molar-refractivity contribution in [3.8, 4) is 0 Å². The van der Waals surface area contributed by atoms with Gasteiger partial charge in [0.2, 0.25) is 11.9 Å². The third kappa shape index (κ3) is 4.23. The number of amides is 1. The van der Waals surface area contributed by atoms with E-state index >= 15 is 0 Å². The fraction of sp³-hybridized carbons (Fsp3) is 0.118. The molecule has 1 aromatic heterocycles. The van der Waals surface area contributed by atoms with Crippen LogP contribution in [-0.2, 0) is 17.8 Å². The number of carbonyl (C=O) groups is 1. The molecule has 0 aliphatic carbocycles. The molecule has 0 atom stereocenters. The number of hydrogen-bond donors (Lipinski definition) is 1. The van der Waals surface area contributed by atoms with Crippen LogP contribution >= 0.6 is 0 Å². The van der Waals surface area contributed by atoms with Crippen LogP contribution < -0.4 is 5.32 Å². The van der Waals surface area contributed by atoms with Gasteiger partial charge in [-0.1, -0.05) is 42.5 Å². The zero-order valence-electron chi connectivity index (χ0n) is 12.3. The lowest BCUT2D eigenvalue weighted by molar-refractivity contribution is -0.115. The summed E-state index contributed by atoms with van der Waals surface area (Å²) >= 11 is 0. The first-order chi connectivity index (χ1) is 11.2. The number of anilines is 1. The van der Waals surface area contributed by atoms with E-state index in [-0.39, 0.29) is 24.1 Å². The van der Waals surface area contributed by atoms with Crippen LogP contribution in [-0.4, -0.2) is 20.7 Å². The van der Waals surface area contributed by atoms with Gasteiger partial charge in [0.25, 0.3) is 0 Å². The van der Waals surface area contributed by atoms with Crippen molar-refractivity contribution < 1.29 is 9.18 Å². The minimum atomic E-state index is -0.361. The van der Waals surface area contributed by atoms with Gasteiger partial charge >= 0.3 is 0 Å². The number of aromatic nitrogens is 3. The zero-order valence-corrected chi connectivity index (χ0v) is 12.3. The third-order valence-electron chi connectivity index (χ3n) is 3.23. The summed E-state index contributed by atoms with van der Waals surface area (Å²) in [6.45, 7) is 0.577. The maximum atomic E-state index is 13.1. The first-order valence-corrected chi connectivity index (χ1v) is 7.17. The number of halogens is 1. The van der Waals surface area contributed by atoms with E-state index in [0.717, 1.165) is 5.56 Å². The fourth-order valence-corrected chi connectivity index (χ4v) is 2.20. The molecule has 0 spiro atoms. The predicted octanol–water partition coefficient (Wildman–Crippen LogP) is 2.65. The highest BCUT2D eigenvalue weighted by molar-refractivity contribution is 5.90. The van der Waals surface area contributed by atoms with Crippen molar-refractivity contribution in [3.63, 3.8) is 0 Å². The van der Waals surface area contributed by atoms with Crippen LogP contribution in [0, 0.1) is 5.82 Å². The minimum absolute atomic E-state index is 0.0744. The molecule has 0 unspecified atom stereocenters. The Morgan fingerprint density at radius 3 is 2.65 bits per heavy atom. The first kappa shape index (κ1) is 14.9. The Hall–Kier alpha value is -3.02. The Labute approximate surface area is 132 Å². The van der Waals surface area contributed by atoms with E-state index < -0.39 is 0 Å². The lowest BCUT2D eigenvalue weighted by atomic mass is 10.1. The molecule has 3 aromatic rings. The van der Waals surface area contributed by atoms with Gasteiger partial charge in [0.05, 0.1) is 13.0 Å². The molecule has 23 heavy (non-hydrogen) atoms. The first-order valence-electron chi connectivity index (χ1n) is 7.17. The second-order valence-electron chi connectivity index (χ2n) is 5.11. The SMILES string of the molecule is O=C(Cc1cccc(F)c1)Nc1ncn(Cc2ccccc2)n1. The van der Waals surface area contributed by atoms with Gasteiger partial charge in [0.1, 0.15) is 12.1 Å². The summed E-state index contributed by atoms with van der Waals surface area (Å²) in [5, 5.41) is 6.82. The topological polar surface area (TPSA) is 59.8 Å². The number of nitrogens with zero attached hydrogens (tertiary/aromatic N) is 3. The van der Waals surface area contributed by atoms with Crippen LogP contribution in [0.1, 0.15) is 11.1 Å². The Kier molecular flexibility index (Phi) is 4.42. The van der Waals surface area contributed by atoms with Crippen molar-refractivity contribution in [3.05, 3.63) is 77.9 Å².